The molecule has 2 unspecified atom stereocenters. The summed E-state index contributed by atoms with van der Waals surface area (Å²) >= 11 is 3.05. The van der Waals surface area contributed by atoms with Crippen LogP contribution in [0.4, 0.5) is 8.78 Å². The zero-order valence-corrected chi connectivity index (χ0v) is 12.3. The lowest BCUT2D eigenvalue weighted by atomic mass is 10.00. The number of nitrogens with two attached hydrogens (primary N) is 1. The molecule has 0 bridgehead atoms. The molecule has 19 heavy (non-hydrogen) atoms. The van der Waals surface area contributed by atoms with Crippen molar-refractivity contribution in [2.45, 2.75) is 18.6 Å². The van der Waals surface area contributed by atoms with Crippen molar-refractivity contribution in [2.75, 3.05) is 26.7 Å². The van der Waals surface area contributed by atoms with Gasteiger partial charge in [-0.1, -0.05) is 0 Å². The standard InChI is InChI=1S/C13H17BrF2N2O/c1-18-4-5-19-12(7-18)11(17)6-8-10(15)3-2-9(14)13(8)16/h2-3,11-12H,4-7,17H2,1H3. The zero-order valence-electron chi connectivity index (χ0n) is 10.7. The Hall–Kier alpha value is -0.560. The number of rotatable bonds is 3. The molecule has 1 aromatic carbocycles. The van der Waals surface area contributed by atoms with Gasteiger partial charge in [-0.05, 0) is 41.5 Å². The van der Waals surface area contributed by atoms with Crippen LogP contribution >= 0.6 is 15.9 Å². The van der Waals surface area contributed by atoms with Gasteiger partial charge in [-0.3, -0.25) is 0 Å². The quantitative estimate of drug-likeness (QED) is 0.858. The van der Waals surface area contributed by atoms with Crippen molar-refractivity contribution >= 4 is 15.9 Å². The average Bonchev–Trinajstić information content (AvgIpc) is 2.39. The third-order valence-electron chi connectivity index (χ3n) is 3.35. The summed E-state index contributed by atoms with van der Waals surface area (Å²) in [5.41, 5.74) is 6.04. The van der Waals surface area contributed by atoms with E-state index in [1.54, 1.807) is 0 Å². The Balaban J connectivity index is 2.10. The highest BCUT2D eigenvalue weighted by atomic mass is 79.9. The van der Waals surface area contributed by atoms with Crippen LogP contribution < -0.4 is 5.73 Å². The molecular formula is C13H17BrF2N2O. The van der Waals surface area contributed by atoms with Crippen molar-refractivity contribution < 1.29 is 13.5 Å². The highest BCUT2D eigenvalue weighted by molar-refractivity contribution is 9.10. The predicted octanol–water partition coefficient (Wildman–Crippen LogP) is 1.93. The van der Waals surface area contributed by atoms with E-state index >= 15 is 0 Å². The molecule has 1 heterocycles. The number of morpholine rings is 1. The molecule has 0 aromatic heterocycles. The van der Waals surface area contributed by atoms with Crippen LogP contribution in [0.2, 0.25) is 0 Å². The van der Waals surface area contributed by atoms with E-state index in [1.807, 2.05) is 7.05 Å². The smallest absolute Gasteiger partial charge is 0.143 e. The molecule has 1 aliphatic heterocycles. The van der Waals surface area contributed by atoms with Gasteiger partial charge in [0.25, 0.3) is 0 Å². The van der Waals surface area contributed by atoms with Crippen molar-refractivity contribution in [1.29, 1.82) is 0 Å². The number of likely N-dealkylation sites (N-methyl/N-ethyl adjacent to an activating group) is 1. The Kier molecular flexibility index (Phi) is 4.89. The number of nitrogens with zero attached hydrogens (tertiary/aromatic N) is 1. The van der Waals surface area contributed by atoms with Crippen LogP contribution in [0, 0.1) is 11.6 Å². The topological polar surface area (TPSA) is 38.5 Å². The second-order valence-electron chi connectivity index (χ2n) is 4.86. The van der Waals surface area contributed by atoms with Crippen molar-refractivity contribution in [2.24, 2.45) is 5.73 Å². The van der Waals surface area contributed by atoms with Crippen LogP contribution in [0.1, 0.15) is 5.56 Å². The van der Waals surface area contributed by atoms with Crippen molar-refractivity contribution in [3.8, 4) is 0 Å². The maximum absolute atomic E-state index is 13.9. The maximum Gasteiger partial charge on any atom is 0.143 e. The minimum absolute atomic E-state index is 0.0127. The average molecular weight is 335 g/mol. The minimum Gasteiger partial charge on any atom is -0.374 e. The highest BCUT2D eigenvalue weighted by Crippen LogP contribution is 2.23. The first-order valence-electron chi connectivity index (χ1n) is 6.17. The summed E-state index contributed by atoms with van der Waals surface area (Å²) in [6.07, 6.45) is -0.0770. The zero-order chi connectivity index (χ0) is 14.0. The number of ether oxygens (including phenoxy) is 1. The first-order chi connectivity index (χ1) is 8.99. The summed E-state index contributed by atoms with van der Waals surface area (Å²) in [7, 11) is 1.97. The molecule has 106 valence electrons. The van der Waals surface area contributed by atoms with Crippen LogP contribution in [-0.2, 0) is 11.2 Å². The van der Waals surface area contributed by atoms with Crippen LogP contribution in [0.15, 0.2) is 16.6 Å². The second kappa shape index (κ2) is 6.26. The van der Waals surface area contributed by atoms with Gasteiger partial charge in [-0.2, -0.15) is 0 Å². The number of hydrogen-bond acceptors (Lipinski definition) is 3. The lowest BCUT2D eigenvalue weighted by Gasteiger charge is -2.33. The summed E-state index contributed by atoms with van der Waals surface area (Å²) in [5, 5.41) is 0. The fraction of sp³-hybridized carbons (Fsp3) is 0.538. The fourth-order valence-electron chi connectivity index (χ4n) is 2.19. The molecule has 1 aromatic rings. The van der Waals surface area contributed by atoms with Crippen molar-refractivity contribution in [3.05, 3.63) is 33.8 Å². The molecule has 1 saturated heterocycles. The first kappa shape index (κ1) is 14.8. The molecule has 0 amide bonds. The minimum atomic E-state index is -0.584. The molecule has 2 rings (SSSR count). The SMILES string of the molecule is CN1CCOC(C(N)Cc2c(F)ccc(Br)c2F)C1. The molecule has 1 aliphatic rings. The van der Waals surface area contributed by atoms with Gasteiger partial charge in [-0.25, -0.2) is 8.78 Å². The third-order valence-corrected chi connectivity index (χ3v) is 3.97. The van der Waals surface area contributed by atoms with Crippen molar-refractivity contribution in [1.82, 2.24) is 4.90 Å². The Morgan fingerprint density at radius 3 is 2.95 bits per heavy atom. The summed E-state index contributed by atoms with van der Waals surface area (Å²) in [4.78, 5) is 2.10. The fourth-order valence-corrected chi connectivity index (χ4v) is 2.56. The van der Waals surface area contributed by atoms with E-state index < -0.39 is 17.7 Å². The maximum atomic E-state index is 13.9. The number of halogens is 3. The van der Waals surface area contributed by atoms with Crippen LogP contribution in [0.25, 0.3) is 0 Å². The molecule has 0 spiro atoms. The summed E-state index contributed by atoms with van der Waals surface area (Å²) in [5.74, 6) is -1.15. The molecule has 0 aliphatic carbocycles. The van der Waals surface area contributed by atoms with Gasteiger partial charge in [0.1, 0.15) is 11.6 Å². The Morgan fingerprint density at radius 2 is 2.26 bits per heavy atom. The van der Waals surface area contributed by atoms with E-state index in [0.29, 0.717) is 13.2 Å². The summed E-state index contributed by atoms with van der Waals surface area (Å²) < 4.78 is 33.4. The monoisotopic (exact) mass is 334 g/mol. The molecular weight excluding hydrogens is 318 g/mol. The largest absolute Gasteiger partial charge is 0.374 e. The predicted molar refractivity (Wildman–Crippen MR) is 73.0 cm³/mol. The van der Waals surface area contributed by atoms with E-state index in [4.69, 9.17) is 10.5 Å². The van der Waals surface area contributed by atoms with Crippen LogP contribution in [0.3, 0.4) is 0 Å². The van der Waals surface area contributed by atoms with Gasteiger partial charge >= 0.3 is 0 Å². The van der Waals surface area contributed by atoms with Crippen molar-refractivity contribution in [3.63, 3.8) is 0 Å². The van der Waals surface area contributed by atoms with Gasteiger partial charge in [0.05, 0.1) is 17.2 Å². The molecule has 3 nitrogen and oxygen atoms in total. The Morgan fingerprint density at radius 1 is 1.53 bits per heavy atom. The van der Waals surface area contributed by atoms with E-state index in [0.717, 1.165) is 6.54 Å². The highest BCUT2D eigenvalue weighted by Gasteiger charge is 2.26. The molecule has 6 heteroatoms. The van der Waals surface area contributed by atoms with E-state index in [1.165, 1.54) is 12.1 Å². The number of hydrogen-bond donors (Lipinski definition) is 1. The molecule has 0 radical (unpaired) electrons. The van der Waals surface area contributed by atoms with Crippen LogP contribution in [0.5, 0.6) is 0 Å². The van der Waals surface area contributed by atoms with Gasteiger partial charge in [-0.15, -0.1) is 0 Å². The molecule has 1 fully saturated rings. The Bertz CT molecular complexity index is 459. The van der Waals surface area contributed by atoms with E-state index in [9.17, 15) is 8.78 Å². The summed E-state index contributed by atoms with van der Waals surface area (Å²) in [6, 6.07) is 2.16. The van der Waals surface area contributed by atoms with Gasteiger partial charge in [0.2, 0.25) is 0 Å². The third kappa shape index (κ3) is 3.51. The van der Waals surface area contributed by atoms with Gasteiger partial charge < -0.3 is 15.4 Å². The summed E-state index contributed by atoms with van der Waals surface area (Å²) in [6.45, 7) is 2.12. The van der Waals surface area contributed by atoms with Crippen LogP contribution in [-0.4, -0.2) is 43.8 Å². The lowest BCUT2D eigenvalue weighted by Crippen LogP contribution is -2.50. The molecule has 2 atom stereocenters. The van der Waals surface area contributed by atoms with Gasteiger partial charge in [0.15, 0.2) is 0 Å². The Labute approximate surface area is 119 Å². The second-order valence-corrected chi connectivity index (χ2v) is 5.72. The van der Waals surface area contributed by atoms with Gasteiger partial charge in [0, 0.05) is 24.7 Å². The number of benzene rings is 1. The molecule has 2 N–H and O–H groups in total. The van der Waals surface area contributed by atoms with E-state index in [2.05, 4.69) is 20.8 Å². The molecule has 0 saturated carbocycles. The lowest BCUT2D eigenvalue weighted by molar-refractivity contribution is -0.0321. The first-order valence-corrected chi connectivity index (χ1v) is 6.96. The van der Waals surface area contributed by atoms with E-state index in [-0.39, 0.29) is 22.6 Å². The normalized spacial score (nSPS) is 22.5.